The second-order valence-electron chi connectivity index (χ2n) is 6.12. The molecule has 2 heterocycles. The molecule has 1 aromatic carbocycles. The highest BCUT2D eigenvalue weighted by molar-refractivity contribution is 7.09. The van der Waals surface area contributed by atoms with E-state index in [4.69, 9.17) is 0 Å². The van der Waals surface area contributed by atoms with Crippen molar-refractivity contribution in [3.63, 3.8) is 0 Å². The van der Waals surface area contributed by atoms with E-state index in [1.807, 2.05) is 42.6 Å². The van der Waals surface area contributed by atoms with E-state index in [1.165, 1.54) is 0 Å². The van der Waals surface area contributed by atoms with E-state index >= 15 is 0 Å². The number of aromatic nitrogens is 3. The Kier molecular flexibility index (Phi) is 5.19. The van der Waals surface area contributed by atoms with Crippen LogP contribution in [0, 0.1) is 6.92 Å². The Labute approximate surface area is 151 Å². The molecule has 0 radical (unpaired) electrons. The van der Waals surface area contributed by atoms with E-state index in [0.29, 0.717) is 18.0 Å². The van der Waals surface area contributed by atoms with Gasteiger partial charge >= 0.3 is 0 Å². The summed E-state index contributed by atoms with van der Waals surface area (Å²) in [6, 6.07) is 11.3. The van der Waals surface area contributed by atoms with Crippen molar-refractivity contribution >= 4 is 17.2 Å². The van der Waals surface area contributed by atoms with Gasteiger partial charge < -0.3 is 5.32 Å². The summed E-state index contributed by atoms with van der Waals surface area (Å²) in [5.41, 5.74) is 4.06. The van der Waals surface area contributed by atoms with E-state index in [1.54, 1.807) is 17.4 Å². The van der Waals surface area contributed by atoms with E-state index in [0.717, 1.165) is 27.7 Å². The average Bonchev–Trinajstić information content (AvgIpc) is 3.05. The van der Waals surface area contributed by atoms with Crippen LogP contribution in [0.3, 0.4) is 0 Å². The largest absolute Gasteiger partial charge is 0.346 e. The molecule has 3 aromatic rings. The Hall–Kier alpha value is -2.60. The number of carbonyl (C=O) groups excluding carboxylic acids is 1. The summed E-state index contributed by atoms with van der Waals surface area (Å²) in [5, 5.41) is 14.4. The van der Waals surface area contributed by atoms with Gasteiger partial charge in [0.2, 0.25) is 0 Å². The molecule has 5 nitrogen and oxygen atoms in total. The summed E-state index contributed by atoms with van der Waals surface area (Å²) in [7, 11) is 0. The van der Waals surface area contributed by atoms with Crippen LogP contribution in [-0.4, -0.2) is 21.1 Å². The predicted molar refractivity (Wildman–Crippen MR) is 99.6 cm³/mol. The lowest BCUT2D eigenvalue weighted by molar-refractivity contribution is 0.0950. The van der Waals surface area contributed by atoms with Gasteiger partial charge in [0.25, 0.3) is 5.91 Å². The van der Waals surface area contributed by atoms with Gasteiger partial charge in [-0.1, -0.05) is 26.0 Å². The fraction of sp³-hybridized carbons (Fsp3) is 0.263. The molecular weight excluding hydrogens is 332 g/mol. The van der Waals surface area contributed by atoms with Crippen LogP contribution in [0.25, 0.3) is 11.3 Å². The number of hydrogen-bond donors (Lipinski definition) is 1. The predicted octanol–water partition coefficient (Wildman–Crippen LogP) is 3.96. The van der Waals surface area contributed by atoms with Gasteiger partial charge in [0, 0.05) is 16.5 Å². The summed E-state index contributed by atoms with van der Waals surface area (Å²) in [6.45, 7) is 6.54. The van der Waals surface area contributed by atoms with E-state index in [-0.39, 0.29) is 5.91 Å². The van der Waals surface area contributed by atoms with E-state index < -0.39 is 0 Å². The van der Waals surface area contributed by atoms with Gasteiger partial charge in [-0.15, -0.1) is 11.3 Å². The van der Waals surface area contributed by atoms with Crippen molar-refractivity contribution in [1.29, 1.82) is 0 Å². The zero-order valence-corrected chi connectivity index (χ0v) is 15.3. The van der Waals surface area contributed by atoms with Crippen molar-refractivity contribution < 1.29 is 4.79 Å². The van der Waals surface area contributed by atoms with Crippen LogP contribution >= 0.6 is 11.3 Å². The lowest BCUT2D eigenvalue weighted by Gasteiger charge is -2.07. The third-order valence-corrected chi connectivity index (χ3v) is 4.62. The highest BCUT2D eigenvalue weighted by atomic mass is 32.1. The zero-order valence-electron chi connectivity index (χ0n) is 14.5. The molecule has 1 amide bonds. The highest BCUT2D eigenvalue weighted by Crippen LogP contribution is 2.19. The maximum absolute atomic E-state index is 12.4. The molecule has 2 aromatic heterocycles. The summed E-state index contributed by atoms with van der Waals surface area (Å²) in [4.78, 5) is 16.7. The molecule has 0 fully saturated rings. The van der Waals surface area contributed by atoms with Crippen LogP contribution in [0.2, 0.25) is 0 Å². The maximum Gasteiger partial charge on any atom is 0.251 e. The standard InChI is InChI=1S/C19H20N4OS/c1-12(2)17-7-8-18(23-22-17)14-5-4-6-15(9-14)19(24)20-10-16-11-25-13(3)21-16/h4-9,11-12H,10H2,1-3H3,(H,20,24). The lowest BCUT2D eigenvalue weighted by Crippen LogP contribution is -2.22. The van der Waals surface area contributed by atoms with Gasteiger partial charge in [0.1, 0.15) is 0 Å². The number of nitrogens with one attached hydrogen (secondary N) is 1. The number of hydrogen-bond acceptors (Lipinski definition) is 5. The molecule has 0 saturated heterocycles. The minimum atomic E-state index is -0.126. The third kappa shape index (κ3) is 4.28. The van der Waals surface area contributed by atoms with Crippen LogP contribution in [-0.2, 0) is 6.54 Å². The van der Waals surface area contributed by atoms with E-state index in [9.17, 15) is 4.79 Å². The summed E-state index contributed by atoms with van der Waals surface area (Å²) >= 11 is 1.58. The number of thiazole rings is 1. The van der Waals surface area contributed by atoms with E-state index in [2.05, 4.69) is 34.3 Å². The molecule has 3 rings (SSSR count). The molecule has 1 N–H and O–H groups in total. The van der Waals surface area contributed by atoms with Crippen LogP contribution in [0.15, 0.2) is 41.8 Å². The molecule has 0 aliphatic rings. The van der Waals surface area contributed by atoms with Gasteiger partial charge in [-0.25, -0.2) is 4.98 Å². The molecule has 0 aliphatic carbocycles. The molecular formula is C19H20N4OS. The van der Waals surface area contributed by atoms with Gasteiger partial charge in [-0.3, -0.25) is 4.79 Å². The third-order valence-electron chi connectivity index (χ3n) is 3.79. The number of rotatable bonds is 5. The molecule has 0 aliphatic heterocycles. The monoisotopic (exact) mass is 352 g/mol. The Bertz CT molecular complexity index is 871. The van der Waals surface area contributed by atoms with Crippen molar-refractivity contribution in [3.05, 3.63) is 63.7 Å². The van der Waals surface area contributed by atoms with Crippen molar-refractivity contribution in [2.45, 2.75) is 33.2 Å². The summed E-state index contributed by atoms with van der Waals surface area (Å²) < 4.78 is 0. The SMILES string of the molecule is Cc1nc(CNC(=O)c2cccc(-c3ccc(C(C)C)nn3)c2)cs1. The fourth-order valence-corrected chi connectivity index (χ4v) is 3.00. The summed E-state index contributed by atoms with van der Waals surface area (Å²) in [6.07, 6.45) is 0. The lowest BCUT2D eigenvalue weighted by atomic mass is 10.1. The highest BCUT2D eigenvalue weighted by Gasteiger charge is 2.09. The minimum Gasteiger partial charge on any atom is -0.346 e. The average molecular weight is 352 g/mol. The van der Waals surface area contributed by atoms with Gasteiger partial charge in [0.05, 0.1) is 28.6 Å². The Morgan fingerprint density at radius 1 is 1.20 bits per heavy atom. The quantitative estimate of drug-likeness (QED) is 0.755. The number of carbonyl (C=O) groups is 1. The van der Waals surface area contributed by atoms with Gasteiger partial charge in [-0.2, -0.15) is 10.2 Å². The minimum absolute atomic E-state index is 0.126. The number of nitrogens with zero attached hydrogens (tertiary/aromatic N) is 3. The molecule has 0 bridgehead atoms. The molecule has 6 heteroatoms. The van der Waals surface area contributed by atoms with Crippen molar-refractivity contribution in [3.8, 4) is 11.3 Å². The van der Waals surface area contributed by atoms with Crippen molar-refractivity contribution in [2.75, 3.05) is 0 Å². The second-order valence-corrected chi connectivity index (χ2v) is 7.18. The first-order valence-electron chi connectivity index (χ1n) is 8.16. The molecule has 0 atom stereocenters. The molecule has 25 heavy (non-hydrogen) atoms. The van der Waals surface area contributed by atoms with Gasteiger partial charge in [-0.05, 0) is 37.1 Å². The molecule has 128 valence electrons. The van der Waals surface area contributed by atoms with Gasteiger partial charge in [0.15, 0.2) is 0 Å². The first kappa shape index (κ1) is 17.2. The molecule has 0 spiro atoms. The second kappa shape index (κ2) is 7.53. The molecule has 0 unspecified atom stereocenters. The first-order chi connectivity index (χ1) is 12.0. The smallest absolute Gasteiger partial charge is 0.251 e. The van der Waals surface area contributed by atoms with Crippen molar-refractivity contribution in [1.82, 2.24) is 20.5 Å². The Balaban J connectivity index is 1.73. The molecule has 0 saturated carbocycles. The zero-order chi connectivity index (χ0) is 17.8. The van der Waals surface area contributed by atoms with Crippen LogP contribution < -0.4 is 5.32 Å². The Morgan fingerprint density at radius 3 is 2.68 bits per heavy atom. The number of aryl methyl sites for hydroxylation is 1. The maximum atomic E-state index is 12.4. The topological polar surface area (TPSA) is 67.8 Å². The van der Waals surface area contributed by atoms with Crippen LogP contribution in [0.5, 0.6) is 0 Å². The normalized spacial score (nSPS) is 10.9. The fourth-order valence-electron chi connectivity index (χ4n) is 2.39. The first-order valence-corrected chi connectivity index (χ1v) is 9.04. The Morgan fingerprint density at radius 2 is 2.04 bits per heavy atom. The number of benzene rings is 1. The summed E-state index contributed by atoms with van der Waals surface area (Å²) in [5.74, 6) is 0.215. The van der Waals surface area contributed by atoms with Crippen LogP contribution in [0.4, 0.5) is 0 Å². The number of amides is 1. The van der Waals surface area contributed by atoms with Crippen molar-refractivity contribution in [2.24, 2.45) is 0 Å². The van der Waals surface area contributed by atoms with Crippen LogP contribution in [0.1, 0.15) is 46.5 Å².